The van der Waals surface area contributed by atoms with Crippen molar-refractivity contribution in [2.24, 2.45) is 0 Å². The van der Waals surface area contributed by atoms with Gasteiger partial charge >= 0.3 is 0 Å². The van der Waals surface area contributed by atoms with E-state index < -0.39 is 11.4 Å². The predicted molar refractivity (Wildman–Crippen MR) is 69.3 cm³/mol. The van der Waals surface area contributed by atoms with Crippen LogP contribution in [0.25, 0.3) is 0 Å². The minimum absolute atomic E-state index is 0.0980. The maximum atomic E-state index is 13.1. The van der Waals surface area contributed by atoms with Crippen LogP contribution >= 0.6 is 11.6 Å². The Morgan fingerprint density at radius 2 is 2.28 bits per heavy atom. The highest BCUT2D eigenvalue weighted by Crippen LogP contribution is 2.34. The first-order valence-corrected chi connectivity index (χ1v) is 6.62. The Bertz CT molecular complexity index is 424. The highest BCUT2D eigenvalue weighted by molar-refractivity contribution is 6.30. The molecule has 1 aromatic rings. The smallest absolute Gasteiger partial charge is 0.141 e. The fourth-order valence-corrected chi connectivity index (χ4v) is 2.94. The Kier molecular flexibility index (Phi) is 4.25. The first kappa shape index (κ1) is 13.8. The van der Waals surface area contributed by atoms with Crippen molar-refractivity contribution in [3.05, 3.63) is 34.6 Å². The zero-order valence-corrected chi connectivity index (χ0v) is 11.2. The zero-order chi connectivity index (χ0) is 13.2. The van der Waals surface area contributed by atoms with Crippen LogP contribution in [0.4, 0.5) is 4.39 Å². The second-order valence-corrected chi connectivity index (χ2v) is 5.41. The number of hydrogen-bond acceptors (Lipinski definition) is 2. The topological polar surface area (TPSA) is 29.5 Å². The Labute approximate surface area is 112 Å². The summed E-state index contributed by atoms with van der Waals surface area (Å²) >= 11 is 5.76. The molecule has 1 aliphatic rings. The van der Waals surface area contributed by atoms with E-state index in [-0.39, 0.29) is 11.1 Å². The van der Waals surface area contributed by atoms with Crippen LogP contribution in [0, 0.1) is 5.82 Å². The molecule has 100 valence electrons. The van der Waals surface area contributed by atoms with Gasteiger partial charge < -0.3 is 9.84 Å². The SMILES string of the molecule is COC1CCCCC1(O)Cc1ccc(F)c(Cl)c1. The second-order valence-electron chi connectivity index (χ2n) is 5.00. The van der Waals surface area contributed by atoms with Crippen LogP contribution in [0.15, 0.2) is 18.2 Å². The third kappa shape index (κ3) is 2.85. The summed E-state index contributed by atoms with van der Waals surface area (Å²) in [5.41, 5.74) is -0.0263. The van der Waals surface area contributed by atoms with Gasteiger partial charge in [0.25, 0.3) is 0 Å². The van der Waals surface area contributed by atoms with Gasteiger partial charge in [-0.2, -0.15) is 0 Å². The molecule has 0 radical (unpaired) electrons. The van der Waals surface area contributed by atoms with Crippen molar-refractivity contribution in [3.8, 4) is 0 Å². The molecule has 0 amide bonds. The molecular weight excluding hydrogens is 255 g/mol. The molecule has 2 nitrogen and oxygen atoms in total. The molecule has 2 atom stereocenters. The second kappa shape index (κ2) is 5.55. The van der Waals surface area contributed by atoms with Gasteiger partial charge in [-0.15, -0.1) is 0 Å². The van der Waals surface area contributed by atoms with Crippen molar-refractivity contribution < 1.29 is 14.2 Å². The van der Waals surface area contributed by atoms with Gasteiger partial charge in [0.05, 0.1) is 16.7 Å². The van der Waals surface area contributed by atoms with E-state index in [1.54, 1.807) is 19.2 Å². The summed E-state index contributed by atoms with van der Waals surface area (Å²) in [7, 11) is 1.62. The maximum absolute atomic E-state index is 13.1. The number of hydrogen-bond donors (Lipinski definition) is 1. The first-order chi connectivity index (χ1) is 8.55. The minimum Gasteiger partial charge on any atom is -0.387 e. The van der Waals surface area contributed by atoms with E-state index in [0.717, 1.165) is 24.8 Å². The summed E-state index contributed by atoms with van der Waals surface area (Å²) in [6, 6.07) is 4.59. The quantitative estimate of drug-likeness (QED) is 0.914. The molecule has 2 rings (SSSR count). The molecule has 0 aromatic heterocycles. The van der Waals surface area contributed by atoms with Gasteiger partial charge in [0, 0.05) is 13.5 Å². The van der Waals surface area contributed by atoms with Gasteiger partial charge in [0.1, 0.15) is 5.82 Å². The third-order valence-electron chi connectivity index (χ3n) is 3.70. The molecule has 4 heteroatoms. The van der Waals surface area contributed by atoms with Crippen LogP contribution in [0.2, 0.25) is 5.02 Å². The van der Waals surface area contributed by atoms with Crippen molar-refractivity contribution in [1.29, 1.82) is 0 Å². The Balaban J connectivity index is 2.17. The number of rotatable bonds is 3. The van der Waals surface area contributed by atoms with Crippen LogP contribution in [0.1, 0.15) is 31.2 Å². The molecule has 1 aliphatic carbocycles. The largest absolute Gasteiger partial charge is 0.387 e. The van der Waals surface area contributed by atoms with E-state index in [1.165, 1.54) is 6.07 Å². The molecule has 1 fully saturated rings. The van der Waals surface area contributed by atoms with Crippen molar-refractivity contribution in [2.75, 3.05) is 7.11 Å². The average Bonchev–Trinajstić information content (AvgIpc) is 2.34. The summed E-state index contributed by atoms with van der Waals surface area (Å²) in [4.78, 5) is 0. The highest BCUT2D eigenvalue weighted by Gasteiger charge is 2.39. The van der Waals surface area contributed by atoms with Crippen LogP contribution < -0.4 is 0 Å². The van der Waals surface area contributed by atoms with Gasteiger partial charge in [0.15, 0.2) is 0 Å². The number of methoxy groups -OCH3 is 1. The molecule has 18 heavy (non-hydrogen) atoms. The lowest BCUT2D eigenvalue weighted by Crippen LogP contribution is -2.47. The molecule has 0 spiro atoms. The molecule has 1 N–H and O–H groups in total. The zero-order valence-electron chi connectivity index (χ0n) is 10.5. The van der Waals surface area contributed by atoms with Crippen molar-refractivity contribution in [3.63, 3.8) is 0 Å². The van der Waals surface area contributed by atoms with E-state index >= 15 is 0 Å². The number of ether oxygens (including phenoxy) is 1. The standard InChI is InChI=1S/C14H18ClFO2/c1-18-13-4-2-3-7-14(13,17)9-10-5-6-12(16)11(15)8-10/h5-6,8,13,17H,2-4,7,9H2,1H3. The van der Waals surface area contributed by atoms with Gasteiger partial charge in [0.2, 0.25) is 0 Å². The summed E-state index contributed by atoms with van der Waals surface area (Å²) < 4.78 is 18.5. The minimum atomic E-state index is -0.867. The van der Waals surface area contributed by atoms with Crippen LogP contribution in [0.3, 0.4) is 0 Å². The van der Waals surface area contributed by atoms with Crippen LogP contribution in [0.5, 0.6) is 0 Å². The lowest BCUT2D eigenvalue weighted by atomic mass is 9.78. The Hall–Kier alpha value is -0.640. The molecule has 1 saturated carbocycles. The monoisotopic (exact) mass is 272 g/mol. The van der Waals surface area contributed by atoms with Crippen molar-refractivity contribution in [2.45, 2.75) is 43.8 Å². The van der Waals surface area contributed by atoms with Gasteiger partial charge in [-0.05, 0) is 30.5 Å². The molecule has 1 aromatic carbocycles. The fourth-order valence-electron chi connectivity index (χ4n) is 2.73. The van der Waals surface area contributed by atoms with Crippen molar-refractivity contribution >= 4 is 11.6 Å². The van der Waals surface area contributed by atoms with E-state index in [9.17, 15) is 9.50 Å². The van der Waals surface area contributed by atoms with Crippen LogP contribution in [-0.4, -0.2) is 23.9 Å². The number of aliphatic hydroxyl groups is 1. The third-order valence-corrected chi connectivity index (χ3v) is 3.99. The summed E-state index contributed by atoms with van der Waals surface area (Å²) in [6.07, 6.45) is 3.93. The van der Waals surface area contributed by atoms with E-state index in [1.807, 2.05) is 0 Å². The predicted octanol–water partition coefficient (Wildman–Crippen LogP) is 3.34. The normalized spacial score (nSPS) is 28.3. The van der Waals surface area contributed by atoms with Gasteiger partial charge in [-0.3, -0.25) is 0 Å². The first-order valence-electron chi connectivity index (χ1n) is 6.24. The van der Waals surface area contributed by atoms with Crippen LogP contribution in [-0.2, 0) is 11.2 Å². The molecule has 2 unspecified atom stereocenters. The summed E-state index contributed by atoms with van der Waals surface area (Å²) in [5, 5.41) is 10.8. The molecule has 0 saturated heterocycles. The molecule has 0 heterocycles. The van der Waals surface area contributed by atoms with E-state index in [0.29, 0.717) is 12.8 Å². The lowest BCUT2D eigenvalue weighted by molar-refractivity contribution is -0.116. The summed E-state index contributed by atoms with van der Waals surface area (Å²) in [6.45, 7) is 0. The van der Waals surface area contributed by atoms with E-state index in [2.05, 4.69) is 0 Å². The van der Waals surface area contributed by atoms with Gasteiger partial charge in [-0.25, -0.2) is 4.39 Å². The Morgan fingerprint density at radius 1 is 1.50 bits per heavy atom. The number of halogens is 2. The number of benzene rings is 1. The van der Waals surface area contributed by atoms with E-state index in [4.69, 9.17) is 16.3 Å². The average molecular weight is 273 g/mol. The highest BCUT2D eigenvalue weighted by atomic mass is 35.5. The maximum Gasteiger partial charge on any atom is 0.141 e. The Morgan fingerprint density at radius 3 is 2.94 bits per heavy atom. The fraction of sp³-hybridized carbons (Fsp3) is 0.571. The van der Waals surface area contributed by atoms with Crippen molar-refractivity contribution in [1.82, 2.24) is 0 Å². The lowest BCUT2D eigenvalue weighted by Gasteiger charge is -2.39. The molecule has 0 aliphatic heterocycles. The molecular formula is C14H18ClFO2. The summed E-state index contributed by atoms with van der Waals surface area (Å²) in [5.74, 6) is -0.431. The molecule has 0 bridgehead atoms. The van der Waals surface area contributed by atoms with Gasteiger partial charge in [-0.1, -0.05) is 30.5 Å².